The van der Waals surface area contributed by atoms with Crippen LogP contribution in [0.5, 0.6) is 0 Å². The fourth-order valence-electron chi connectivity index (χ4n) is 1.68. The van der Waals surface area contributed by atoms with E-state index in [2.05, 4.69) is 0 Å². The van der Waals surface area contributed by atoms with Crippen LogP contribution in [-0.2, 0) is 4.79 Å². The molecule has 0 aliphatic carbocycles. The average Bonchev–Trinajstić information content (AvgIpc) is 2.17. The summed E-state index contributed by atoms with van der Waals surface area (Å²) in [6, 6.07) is 6.08. The molecular weight excluding hydrogens is 195 g/mol. The Morgan fingerprint density at radius 1 is 1.40 bits per heavy atom. The van der Waals surface area contributed by atoms with E-state index >= 15 is 0 Å². The first kappa shape index (κ1) is 11.7. The Bertz CT molecular complexity index is 319. The maximum Gasteiger partial charge on any atom is 0.303 e. The molecule has 0 aliphatic heterocycles. The van der Waals surface area contributed by atoms with Gasteiger partial charge in [0.15, 0.2) is 0 Å². The van der Waals surface area contributed by atoms with Gasteiger partial charge < -0.3 is 5.11 Å². The third-order valence-corrected chi connectivity index (χ3v) is 2.40. The maximum absolute atomic E-state index is 12.7. The Labute approximate surface area is 88.7 Å². The van der Waals surface area contributed by atoms with Crippen molar-refractivity contribution in [3.05, 3.63) is 35.6 Å². The van der Waals surface area contributed by atoms with Gasteiger partial charge in [-0.3, -0.25) is 4.79 Å². The van der Waals surface area contributed by atoms with Gasteiger partial charge in [0.1, 0.15) is 5.82 Å². The molecule has 15 heavy (non-hydrogen) atoms. The first-order chi connectivity index (χ1) is 7.13. The third kappa shape index (κ3) is 3.70. The smallest absolute Gasteiger partial charge is 0.303 e. The first-order valence-corrected chi connectivity index (χ1v) is 5.10. The Kier molecular flexibility index (Phi) is 4.28. The molecule has 0 heterocycles. The zero-order valence-corrected chi connectivity index (χ0v) is 8.74. The molecule has 0 aromatic heterocycles. The minimum absolute atomic E-state index is 0.00639. The van der Waals surface area contributed by atoms with Crippen LogP contribution in [0.4, 0.5) is 4.39 Å². The van der Waals surface area contributed by atoms with Gasteiger partial charge in [-0.25, -0.2) is 4.39 Å². The van der Waals surface area contributed by atoms with Crippen molar-refractivity contribution >= 4 is 5.97 Å². The second kappa shape index (κ2) is 5.49. The number of carboxylic acid groups (broad SMARTS) is 1. The summed E-state index contributed by atoms with van der Waals surface area (Å²) in [6.45, 7) is 2.01. The Hall–Kier alpha value is -1.38. The number of halogens is 1. The number of benzene rings is 1. The number of aliphatic carboxylic acids is 1. The lowest BCUT2D eigenvalue weighted by molar-refractivity contribution is -0.137. The highest BCUT2D eigenvalue weighted by molar-refractivity contribution is 5.68. The van der Waals surface area contributed by atoms with Gasteiger partial charge in [0.05, 0.1) is 6.42 Å². The predicted octanol–water partition coefficient (Wildman–Crippen LogP) is 3.18. The quantitative estimate of drug-likeness (QED) is 0.810. The van der Waals surface area contributed by atoms with Gasteiger partial charge in [-0.2, -0.15) is 0 Å². The summed E-state index contributed by atoms with van der Waals surface area (Å²) < 4.78 is 12.7. The molecule has 1 atom stereocenters. The average molecular weight is 210 g/mol. The maximum atomic E-state index is 12.7. The molecule has 0 bridgehead atoms. The van der Waals surface area contributed by atoms with Gasteiger partial charge in [-0.15, -0.1) is 0 Å². The fraction of sp³-hybridized carbons (Fsp3) is 0.417. The monoisotopic (exact) mass is 210 g/mol. The van der Waals surface area contributed by atoms with Crippen molar-refractivity contribution in [2.45, 2.75) is 32.1 Å². The van der Waals surface area contributed by atoms with Gasteiger partial charge >= 0.3 is 5.97 Å². The molecule has 0 saturated carbocycles. The second-order valence-corrected chi connectivity index (χ2v) is 3.64. The van der Waals surface area contributed by atoms with Crippen LogP contribution in [-0.4, -0.2) is 11.1 Å². The van der Waals surface area contributed by atoms with Crippen molar-refractivity contribution in [3.63, 3.8) is 0 Å². The SMILES string of the molecule is CCCC(CC(=O)O)c1ccc(F)cc1. The fourth-order valence-corrected chi connectivity index (χ4v) is 1.68. The lowest BCUT2D eigenvalue weighted by Gasteiger charge is -2.13. The van der Waals surface area contributed by atoms with Crippen LogP contribution in [0.2, 0.25) is 0 Å². The Balaban J connectivity index is 2.78. The molecule has 1 rings (SSSR count). The zero-order valence-electron chi connectivity index (χ0n) is 8.74. The van der Waals surface area contributed by atoms with Crippen LogP contribution in [0.3, 0.4) is 0 Å². The van der Waals surface area contributed by atoms with E-state index in [1.165, 1.54) is 12.1 Å². The molecular formula is C12H15FO2. The molecule has 0 fully saturated rings. The Morgan fingerprint density at radius 3 is 2.47 bits per heavy atom. The summed E-state index contributed by atoms with van der Waals surface area (Å²) in [6.07, 6.45) is 1.85. The Morgan fingerprint density at radius 2 is 2.00 bits per heavy atom. The molecule has 0 amide bonds. The van der Waals surface area contributed by atoms with E-state index in [9.17, 15) is 9.18 Å². The molecule has 82 valence electrons. The van der Waals surface area contributed by atoms with Crippen LogP contribution in [0.15, 0.2) is 24.3 Å². The second-order valence-electron chi connectivity index (χ2n) is 3.64. The molecule has 0 spiro atoms. The van der Waals surface area contributed by atoms with E-state index in [0.29, 0.717) is 0 Å². The molecule has 0 aliphatic rings. The largest absolute Gasteiger partial charge is 0.481 e. The first-order valence-electron chi connectivity index (χ1n) is 5.10. The number of hydrogen-bond acceptors (Lipinski definition) is 1. The van der Waals surface area contributed by atoms with Crippen LogP contribution >= 0.6 is 0 Å². The number of hydrogen-bond donors (Lipinski definition) is 1. The summed E-state index contributed by atoms with van der Waals surface area (Å²) in [7, 11) is 0. The highest BCUT2D eigenvalue weighted by atomic mass is 19.1. The standard InChI is InChI=1S/C12H15FO2/c1-2-3-10(8-12(14)15)9-4-6-11(13)7-5-9/h4-7,10H,2-3,8H2,1H3,(H,14,15). The molecule has 0 saturated heterocycles. The summed E-state index contributed by atoms with van der Waals surface area (Å²) >= 11 is 0. The molecule has 1 aromatic carbocycles. The minimum Gasteiger partial charge on any atom is -0.481 e. The van der Waals surface area contributed by atoms with Crippen molar-refractivity contribution in [2.24, 2.45) is 0 Å². The lowest BCUT2D eigenvalue weighted by Crippen LogP contribution is -2.06. The van der Waals surface area contributed by atoms with Gasteiger partial charge in [0, 0.05) is 0 Å². The van der Waals surface area contributed by atoms with Crippen LogP contribution in [0, 0.1) is 5.82 Å². The van der Waals surface area contributed by atoms with E-state index in [1.54, 1.807) is 12.1 Å². The molecule has 3 heteroatoms. The minimum atomic E-state index is -0.808. The van der Waals surface area contributed by atoms with Crippen molar-refractivity contribution < 1.29 is 14.3 Å². The van der Waals surface area contributed by atoms with Crippen molar-refractivity contribution in [1.29, 1.82) is 0 Å². The summed E-state index contributed by atoms with van der Waals surface area (Å²) in [5.41, 5.74) is 0.903. The highest BCUT2D eigenvalue weighted by Crippen LogP contribution is 2.24. The van der Waals surface area contributed by atoms with Crippen molar-refractivity contribution in [3.8, 4) is 0 Å². The molecule has 1 aromatic rings. The van der Waals surface area contributed by atoms with Gasteiger partial charge in [0.2, 0.25) is 0 Å². The predicted molar refractivity (Wildman–Crippen MR) is 56.3 cm³/mol. The van der Waals surface area contributed by atoms with E-state index in [4.69, 9.17) is 5.11 Å². The number of carboxylic acids is 1. The van der Waals surface area contributed by atoms with Gasteiger partial charge in [0.25, 0.3) is 0 Å². The normalized spacial score (nSPS) is 12.4. The highest BCUT2D eigenvalue weighted by Gasteiger charge is 2.14. The van der Waals surface area contributed by atoms with E-state index < -0.39 is 5.97 Å². The topological polar surface area (TPSA) is 37.3 Å². The van der Waals surface area contributed by atoms with Gasteiger partial charge in [-0.1, -0.05) is 25.5 Å². The molecule has 2 nitrogen and oxygen atoms in total. The van der Waals surface area contributed by atoms with Crippen LogP contribution in [0.1, 0.15) is 37.7 Å². The molecule has 0 radical (unpaired) electrons. The van der Waals surface area contributed by atoms with Crippen molar-refractivity contribution in [1.82, 2.24) is 0 Å². The number of carbonyl (C=O) groups is 1. The molecule has 1 unspecified atom stereocenters. The summed E-state index contributed by atoms with van der Waals surface area (Å²) in [4.78, 5) is 10.7. The van der Waals surface area contributed by atoms with Crippen molar-refractivity contribution in [2.75, 3.05) is 0 Å². The van der Waals surface area contributed by atoms with Crippen LogP contribution in [0.25, 0.3) is 0 Å². The summed E-state index contributed by atoms with van der Waals surface area (Å²) in [5, 5.41) is 8.75. The molecule has 1 N–H and O–H groups in total. The zero-order chi connectivity index (χ0) is 11.3. The third-order valence-electron chi connectivity index (χ3n) is 2.40. The van der Waals surface area contributed by atoms with E-state index in [1.807, 2.05) is 6.92 Å². The van der Waals surface area contributed by atoms with E-state index in [-0.39, 0.29) is 18.2 Å². The summed E-state index contributed by atoms with van der Waals surface area (Å²) in [5.74, 6) is -1.10. The van der Waals surface area contributed by atoms with Gasteiger partial charge in [-0.05, 0) is 30.0 Å². The number of rotatable bonds is 5. The van der Waals surface area contributed by atoms with Crippen LogP contribution < -0.4 is 0 Å². The van der Waals surface area contributed by atoms with E-state index in [0.717, 1.165) is 18.4 Å². The lowest BCUT2D eigenvalue weighted by atomic mass is 9.91.